The summed E-state index contributed by atoms with van der Waals surface area (Å²) in [7, 11) is -1.55. The van der Waals surface area contributed by atoms with E-state index in [-0.39, 0.29) is 5.56 Å². The van der Waals surface area contributed by atoms with Crippen molar-refractivity contribution in [2.24, 2.45) is 0 Å². The van der Waals surface area contributed by atoms with Gasteiger partial charge in [-0.05, 0) is 18.2 Å². The van der Waals surface area contributed by atoms with Gasteiger partial charge in [-0.15, -0.1) is 5.54 Å². The number of aliphatic carboxylic acids is 1. The van der Waals surface area contributed by atoms with E-state index in [0.717, 1.165) is 6.08 Å². The summed E-state index contributed by atoms with van der Waals surface area (Å²) in [5.74, 6) is 1.37. The Morgan fingerprint density at radius 3 is 2.61 bits per heavy atom. The van der Waals surface area contributed by atoms with Crippen molar-refractivity contribution in [3.8, 4) is 11.5 Å². The maximum absolute atomic E-state index is 13.6. The molecule has 1 aromatic carbocycles. The van der Waals surface area contributed by atoms with Crippen LogP contribution in [0.15, 0.2) is 24.3 Å². The van der Waals surface area contributed by atoms with Gasteiger partial charge in [0.25, 0.3) is 0 Å². The lowest BCUT2D eigenvalue weighted by Crippen LogP contribution is -2.16. The molecular weight excluding hydrogens is 247 g/mol. The molecule has 0 unspecified atom stereocenters. The molecule has 94 valence electrons. The first-order chi connectivity index (χ1) is 8.29. The summed E-state index contributed by atoms with van der Waals surface area (Å²) in [4.78, 5) is 10.5. The minimum Gasteiger partial charge on any atom is -0.478 e. The third-order valence-corrected chi connectivity index (χ3v) is 2.89. The highest BCUT2D eigenvalue weighted by molar-refractivity contribution is 6.83. The van der Waals surface area contributed by atoms with Crippen LogP contribution in [-0.4, -0.2) is 19.1 Å². The molecule has 0 saturated carbocycles. The smallest absolute Gasteiger partial charge is 0.328 e. The van der Waals surface area contributed by atoms with Gasteiger partial charge in [0, 0.05) is 17.2 Å². The van der Waals surface area contributed by atoms with E-state index in [2.05, 4.69) is 31.1 Å². The molecule has 0 radical (unpaired) electrons. The molecule has 0 fully saturated rings. The van der Waals surface area contributed by atoms with Crippen molar-refractivity contribution in [1.29, 1.82) is 0 Å². The number of carboxylic acids is 1. The number of carbonyl (C=O) groups is 1. The summed E-state index contributed by atoms with van der Waals surface area (Å²) in [6.45, 7) is 6.27. The average Bonchev–Trinajstić information content (AvgIpc) is 2.23. The maximum Gasteiger partial charge on any atom is 0.328 e. The molecule has 0 amide bonds. The number of benzene rings is 1. The fraction of sp³-hybridized carbons (Fsp3) is 0.214. The Kier molecular flexibility index (Phi) is 4.46. The van der Waals surface area contributed by atoms with Crippen molar-refractivity contribution in [2.45, 2.75) is 19.6 Å². The molecule has 1 aromatic rings. The molecular formula is C14H15FO2Si. The van der Waals surface area contributed by atoms with Gasteiger partial charge in [-0.2, -0.15) is 0 Å². The molecule has 0 spiro atoms. The van der Waals surface area contributed by atoms with Crippen LogP contribution in [0.25, 0.3) is 6.08 Å². The highest BCUT2D eigenvalue weighted by Crippen LogP contribution is 2.15. The zero-order valence-electron chi connectivity index (χ0n) is 10.6. The summed E-state index contributed by atoms with van der Waals surface area (Å²) in [5.41, 5.74) is 3.88. The number of rotatable bonds is 2. The fourth-order valence-electron chi connectivity index (χ4n) is 1.22. The second-order valence-corrected chi connectivity index (χ2v) is 9.62. The first kappa shape index (κ1) is 14.2. The molecule has 0 aliphatic heterocycles. The lowest BCUT2D eigenvalue weighted by Gasteiger charge is -2.05. The summed E-state index contributed by atoms with van der Waals surface area (Å²) in [6, 6.07) is 4.56. The van der Waals surface area contributed by atoms with Crippen molar-refractivity contribution >= 4 is 20.1 Å². The number of carboxylic acid groups (broad SMARTS) is 1. The third-order valence-electron chi connectivity index (χ3n) is 2.02. The van der Waals surface area contributed by atoms with Gasteiger partial charge >= 0.3 is 5.97 Å². The Morgan fingerprint density at radius 1 is 1.39 bits per heavy atom. The number of hydrogen-bond acceptors (Lipinski definition) is 1. The first-order valence-corrected chi connectivity index (χ1v) is 9.02. The predicted molar refractivity (Wildman–Crippen MR) is 73.3 cm³/mol. The summed E-state index contributed by atoms with van der Waals surface area (Å²) < 4.78 is 13.6. The molecule has 0 saturated heterocycles. The van der Waals surface area contributed by atoms with E-state index in [1.165, 1.54) is 12.1 Å². The highest BCUT2D eigenvalue weighted by atomic mass is 28.3. The molecule has 0 aromatic heterocycles. The van der Waals surface area contributed by atoms with Crippen LogP contribution in [0.2, 0.25) is 19.6 Å². The first-order valence-electron chi connectivity index (χ1n) is 5.52. The molecule has 4 heteroatoms. The SMILES string of the molecule is C[Si](C)(C)C#Cc1cccc(F)c1/C=C/C(=O)O. The Labute approximate surface area is 107 Å². The van der Waals surface area contributed by atoms with Gasteiger partial charge in [-0.3, -0.25) is 0 Å². The van der Waals surface area contributed by atoms with Crippen LogP contribution in [0.5, 0.6) is 0 Å². The topological polar surface area (TPSA) is 37.3 Å². The Morgan fingerprint density at radius 2 is 2.06 bits per heavy atom. The molecule has 0 aliphatic carbocycles. The standard InChI is InChI=1S/C14H15FO2Si/c1-18(2,3)10-9-11-5-4-6-13(15)12(11)7-8-14(16)17/h4-8H,1-3H3,(H,16,17)/b8-7+. The monoisotopic (exact) mass is 262 g/mol. The van der Waals surface area contributed by atoms with Crippen LogP contribution in [0.4, 0.5) is 4.39 Å². The van der Waals surface area contributed by atoms with Gasteiger partial charge in [-0.1, -0.05) is 31.6 Å². The average molecular weight is 262 g/mol. The molecule has 18 heavy (non-hydrogen) atoms. The predicted octanol–water partition coefficient (Wildman–Crippen LogP) is 3.15. The van der Waals surface area contributed by atoms with Gasteiger partial charge in [-0.25, -0.2) is 9.18 Å². The molecule has 1 rings (SSSR count). The van der Waals surface area contributed by atoms with E-state index in [1.807, 2.05) is 0 Å². The zero-order valence-corrected chi connectivity index (χ0v) is 11.6. The van der Waals surface area contributed by atoms with E-state index in [4.69, 9.17) is 5.11 Å². The third kappa shape index (κ3) is 4.56. The van der Waals surface area contributed by atoms with Gasteiger partial charge in [0.05, 0.1) is 0 Å². The van der Waals surface area contributed by atoms with Crippen LogP contribution in [0.1, 0.15) is 11.1 Å². The Hall–Kier alpha value is -1.86. The van der Waals surface area contributed by atoms with Crippen LogP contribution in [0.3, 0.4) is 0 Å². The quantitative estimate of drug-likeness (QED) is 0.505. The molecule has 0 heterocycles. The van der Waals surface area contributed by atoms with Crippen molar-refractivity contribution in [1.82, 2.24) is 0 Å². The normalized spacial score (nSPS) is 11.1. The van der Waals surface area contributed by atoms with Crippen molar-refractivity contribution in [2.75, 3.05) is 0 Å². The highest BCUT2D eigenvalue weighted by Gasteiger charge is 2.09. The molecule has 2 nitrogen and oxygen atoms in total. The maximum atomic E-state index is 13.6. The van der Waals surface area contributed by atoms with Gasteiger partial charge in [0.1, 0.15) is 13.9 Å². The Bertz CT molecular complexity index is 545. The number of hydrogen-bond donors (Lipinski definition) is 1. The summed E-state index contributed by atoms with van der Waals surface area (Å²) in [5, 5.41) is 8.58. The zero-order chi connectivity index (χ0) is 13.8. The summed E-state index contributed by atoms with van der Waals surface area (Å²) in [6.07, 6.45) is 2.16. The minimum absolute atomic E-state index is 0.227. The molecule has 0 aliphatic rings. The lowest BCUT2D eigenvalue weighted by molar-refractivity contribution is -0.131. The molecule has 0 bridgehead atoms. The largest absolute Gasteiger partial charge is 0.478 e. The van der Waals surface area contributed by atoms with E-state index in [0.29, 0.717) is 5.56 Å². The lowest BCUT2D eigenvalue weighted by atomic mass is 10.1. The van der Waals surface area contributed by atoms with Crippen molar-refractivity contribution in [3.05, 3.63) is 41.2 Å². The van der Waals surface area contributed by atoms with Crippen LogP contribution in [0, 0.1) is 17.3 Å². The van der Waals surface area contributed by atoms with Gasteiger partial charge in [0.15, 0.2) is 0 Å². The van der Waals surface area contributed by atoms with Crippen molar-refractivity contribution in [3.63, 3.8) is 0 Å². The van der Waals surface area contributed by atoms with E-state index in [1.54, 1.807) is 12.1 Å². The second kappa shape index (κ2) is 5.65. The van der Waals surface area contributed by atoms with Gasteiger partial charge in [0.2, 0.25) is 0 Å². The second-order valence-electron chi connectivity index (χ2n) is 4.87. The van der Waals surface area contributed by atoms with E-state index >= 15 is 0 Å². The van der Waals surface area contributed by atoms with E-state index < -0.39 is 19.9 Å². The van der Waals surface area contributed by atoms with Crippen LogP contribution < -0.4 is 0 Å². The summed E-state index contributed by atoms with van der Waals surface area (Å²) >= 11 is 0. The molecule has 1 N–H and O–H groups in total. The van der Waals surface area contributed by atoms with Crippen LogP contribution in [-0.2, 0) is 4.79 Å². The number of halogens is 1. The van der Waals surface area contributed by atoms with Crippen LogP contribution >= 0.6 is 0 Å². The van der Waals surface area contributed by atoms with E-state index in [9.17, 15) is 9.18 Å². The minimum atomic E-state index is -1.55. The fourth-order valence-corrected chi connectivity index (χ4v) is 1.73. The van der Waals surface area contributed by atoms with Crippen molar-refractivity contribution < 1.29 is 14.3 Å². The Balaban J connectivity index is 3.23. The molecule has 0 atom stereocenters. The van der Waals surface area contributed by atoms with Gasteiger partial charge < -0.3 is 5.11 Å².